The fourth-order valence-electron chi connectivity index (χ4n) is 4.94. The molecule has 4 heterocycles. The van der Waals surface area contributed by atoms with Crippen molar-refractivity contribution < 1.29 is 13.9 Å². The maximum absolute atomic E-state index is 15.3. The summed E-state index contributed by atoms with van der Waals surface area (Å²) in [4.78, 5) is 30.3. The Kier molecular flexibility index (Phi) is 6.70. The number of likely N-dealkylation sites (tertiary alicyclic amines) is 1. The van der Waals surface area contributed by atoms with Gasteiger partial charge in [0.15, 0.2) is 0 Å². The molecule has 2 fully saturated rings. The molecule has 2 saturated heterocycles. The largest absolute Gasteiger partial charge is 0.384 e. The van der Waals surface area contributed by atoms with Crippen molar-refractivity contribution in [2.24, 2.45) is 0 Å². The van der Waals surface area contributed by atoms with Crippen LogP contribution in [-0.4, -0.2) is 76.1 Å². The second kappa shape index (κ2) is 10.1. The molecule has 2 aliphatic heterocycles. The number of morpholine rings is 1. The van der Waals surface area contributed by atoms with Crippen LogP contribution in [0.2, 0.25) is 0 Å². The predicted molar refractivity (Wildman–Crippen MR) is 131 cm³/mol. The van der Waals surface area contributed by atoms with Crippen LogP contribution >= 0.6 is 0 Å². The molecular weight excluding hydrogens is 447 g/mol. The highest BCUT2D eigenvalue weighted by molar-refractivity contribution is 5.95. The van der Waals surface area contributed by atoms with Gasteiger partial charge in [-0.1, -0.05) is 13.0 Å². The number of nitrogens with zero attached hydrogens (tertiary/aromatic N) is 5. The van der Waals surface area contributed by atoms with Gasteiger partial charge >= 0.3 is 0 Å². The molecule has 0 bridgehead atoms. The Hall–Kier alpha value is -3.43. The Morgan fingerprint density at radius 2 is 1.91 bits per heavy atom. The van der Waals surface area contributed by atoms with Crippen molar-refractivity contribution in [3.05, 3.63) is 59.9 Å². The van der Waals surface area contributed by atoms with Crippen LogP contribution in [0.5, 0.6) is 0 Å². The number of hydrogen-bond acceptors (Lipinski definition) is 7. The maximum Gasteiger partial charge on any atom is 0.256 e. The Balaban J connectivity index is 1.41. The number of nitrogens with two attached hydrogens (primary N) is 1. The minimum absolute atomic E-state index is 0.0804. The van der Waals surface area contributed by atoms with Gasteiger partial charge < -0.3 is 15.4 Å². The number of hydrogen-bond donors (Lipinski definition) is 1. The monoisotopic (exact) mass is 476 g/mol. The number of carbonyl (C=O) groups is 1. The van der Waals surface area contributed by atoms with E-state index in [-0.39, 0.29) is 11.5 Å². The van der Waals surface area contributed by atoms with Crippen molar-refractivity contribution in [2.75, 3.05) is 45.1 Å². The summed E-state index contributed by atoms with van der Waals surface area (Å²) in [6.45, 7) is 6.43. The molecule has 5 rings (SSSR count). The third kappa shape index (κ3) is 4.74. The topological polar surface area (TPSA) is 97.5 Å². The van der Waals surface area contributed by atoms with Gasteiger partial charge in [-0.05, 0) is 37.1 Å². The first-order valence-electron chi connectivity index (χ1n) is 12.0. The van der Waals surface area contributed by atoms with Gasteiger partial charge in [0.1, 0.15) is 18.0 Å². The number of carbonyl (C=O) groups excluding carboxylic acids is 1. The molecule has 182 valence electrons. The molecule has 0 spiro atoms. The number of aromatic nitrogens is 3. The summed E-state index contributed by atoms with van der Waals surface area (Å²) in [6, 6.07) is 8.58. The number of rotatable bonds is 5. The molecule has 1 atom stereocenters. The SMILES string of the molecule is CCc1ncnc(-c2ccc(C(=O)N3CCC(N4CCOCC4)C3)c(F)c2)c1-c1ccc(N)nc1. The van der Waals surface area contributed by atoms with Crippen molar-refractivity contribution in [1.29, 1.82) is 0 Å². The van der Waals surface area contributed by atoms with Crippen LogP contribution in [0.1, 0.15) is 29.4 Å². The normalized spacial score (nSPS) is 18.7. The standard InChI is InChI=1S/C26H29FN6O2/c1-2-22-24(18-4-6-23(28)29-14-18)25(31-16-30-22)17-3-5-20(21(27)13-17)26(34)33-8-7-19(15-33)32-9-11-35-12-10-32/h3-6,13-14,16,19H,2,7-12,15H2,1H3,(H2,28,29). The van der Waals surface area contributed by atoms with Crippen LogP contribution in [0.15, 0.2) is 42.9 Å². The fraction of sp³-hybridized carbons (Fsp3) is 0.385. The van der Waals surface area contributed by atoms with Crippen molar-refractivity contribution in [3.8, 4) is 22.4 Å². The maximum atomic E-state index is 15.3. The molecule has 2 aromatic heterocycles. The first-order chi connectivity index (χ1) is 17.0. The molecule has 1 aromatic carbocycles. The van der Waals surface area contributed by atoms with Crippen molar-refractivity contribution in [2.45, 2.75) is 25.8 Å². The number of benzene rings is 1. The Labute approximate surface area is 204 Å². The van der Waals surface area contributed by atoms with E-state index in [0.29, 0.717) is 42.6 Å². The van der Waals surface area contributed by atoms with Crippen LogP contribution in [-0.2, 0) is 11.2 Å². The van der Waals surface area contributed by atoms with Gasteiger partial charge in [-0.15, -0.1) is 0 Å². The Bertz CT molecular complexity index is 1210. The minimum Gasteiger partial charge on any atom is -0.384 e. The zero-order valence-electron chi connectivity index (χ0n) is 19.8. The minimum atomic E-state index is -0.555. The van der Waals surface area contributed by atoms with E-state index in [1.54, 1.807) is 29.3 Å². The summed E-state index contributed by atoms with van der Waals surface area (Å²) in [5.41, 5.74) is 9.43. The molecule has 9 heteroatoms. The second-order valence-corrected chi connectivity index (χ2v) is 8.91. The second-order valence-electron chi connectivity index (χ2n) is 8.91. The van der Waals surface area contributed by atoms with E-state index in [1.807, 2.05) is 13.0 Å². The molecule has 0 radical (unpaired) electrons. The molecule has 2 aliphatic rings. The summed E-state index contributed by atoms with van der Waals surface area (Å²) in [5, 5.41) is 0. The van der Waals surface area contributed by atoms with Crippen LogP contribution in [0.3, 0.4) is 0 Å². The van der Waals surface area contributed by atoms with Crippen LogP contribution in [0, 0.1) is 5.82 Å². The van der Waals surface area contributed by atoms with E-state index in [2.05, 4.69) is 19.9 Å². The van der Waals surface area contributed by atoms with E-state index in [0.717, 1.165) is 49.5 Å². The van der Waals surface area contributed by atoms with Crippen molar-refractivity contribution in [1.82, 2.24) is 24.8 Å². The van der Waals surface area contributed by atoms with Crippen LogP contribution in [0.4, 0.5) is 10.2 Å². The molecular formula is C26H29FN6O2. The average Bonchev–Trinajstić information content (AvgIpc) is 3.39. The third-order valence-electron chi connectivity index (χ3n) is 6.82. The lowest BCUT2D eigenvalue weighted by Gasteiger charge is -2.32. The zero-order valence-corrected chi connectivity index (χ0v) is 19.8. The molecule has 0 saturated carbocycles. The van der Waals surface area contributed by atoms with Crippen molar-refractivity contribution in [3.63, 3.8) is 0 Å². The van der Waals surface area contributed by atoms with Gasteiger partial charge in [0.2, 0.25) is 0 Å². The summed E-state index contributed by atoms with van der Waals surface area (Å²) >= 11 is 0. The third-order valence-corrected chi connectivity index (χ3v) is 6.82. The van der Waals surface area contributed by atoms with Gasteiger partial charge in [0, 0.05) is 55.1 Å². The van der Waals surface area contributed by atoms with Gasteiger partial charge in [0.05, 0.1) is 30.2 Å². The molecule has 8 nitrogen and oxygen atoms in total. The number of pyridine rings is 1. The molecule has 1 amide bonds. The number of aryl methyl sites for hydroxylation is 1. The number of amides is 1. The van der Waals surface area contributed by atoms with Gasteiger partial charge in [-0.25, -0.2) is 19.3 Å². The van der Waals surface area contributed by atoms with E-state index in [4.69, 9.17) is 10.5 Å². The lowest BCUT2D eigenvalue weighted by molar-refractivity contribution is 0.0185. The predicted octanol–water partition coefficient (Wildman–Crippen LogP) is 3.04. The smallest absolute Gasteiger partial charge is 0.256 e. The average molecular weight is 477 g/mol. The van der Waals surface area contributed by atoms with Gasteiger partial charge in [-0.2, -0.15) is 0 Å². The van der Waals surface area contributed by atoms with Crippen LogP contribution in [0.25, 0.3) is 22.4 Å². The summed E-state index contributed by atoms with van der Waals surface area (Å²) in [5.74, 6) is -0.415. The quantitative estimate of drug-likeness (QED) is 0.605. The van der Waals surface area contributed by atoms with Gasteiger partial charge in [-0.3, -0.25) is 9.69 Å². The molecule has 1 unspecified atom stereocenters. The highest BCUT2D eigenvalue weighted by Crippen LogP contribution is 2.33. The highest BCUT2D eigenvalue weighted by atomic mass is 19.1. The Morgan fingerprint density at radius 3 is 2.63 bits per heavy atom. The number of halogens is 1. The number of nitrogen functional groups attached to an aromatic ring is 1. The van der Waals surface area contributed by atoms with Gasteiger partial charge in [0.25, 0.3) is 5.91 Å². The first-order valence-corrected chi connectivity index (χ1v) is 12.0. The zero-order chi connectivity index (χ0) is 24.4. The summed E-state index contributed by atoms with van der Waals surface area (Å²) in [6.07, 6.45) is 4.72. The highest BCUT2D eigenvalue weighted by Gasteiger charge is 2.32. The Morgan fingerprint density at radius 1 is 1.11 bits per heavy atom. The van der Waals surface area contributed by atoms with E-state index in [1.165, 1.54) is 12.4 Å². The molecule has 35 heavy (non-hydrogen) atoms. The molecule has 0 aliphatic carbocycles. The fourth-order valence-corrected chi connectivity index (χ4v) is 4.94. The molecule has 2 N–H and O–H groups in total. The van der Waals surface area contributed by atoms with Crippen molar-refractivity contribution >= 4 is 11.7 Å². The van der Waals surface area contributed by atoms with E-state index >= 15 is 4.39 Å². The number of anilines is 1. The van der Waals surface area contributed by atoms with E-state index < -0.39 is 5.82 Å². The first kappa shape index (κ1) is 23.3. The lowest BCUT2D eigenvalue weighted by atomic mass is 9.97. The summed E-state index contributed by atoms with van der Waals surface area (Å²) < 4.78 is 20.7. The lowest BCUT2D eigenvalue weighted by Crippen LogP contribution is -2.45. The summed E-state index contributed by atoms with van der Waals surface area (Å²) in [7, 11) is 0. The van der Waals surface area contributed by atoms with E-state index in [9.17, 15) is 4.79 Å². The molecule has 3 aromatic rings. The number of ether oxygens (including phenoxy) is 1. The van der Waals surface area contributed by atoms with Crippen LogP contribution < -0.4 is 5.73 Å².